The van der Waals surface area contributed by atoms with E-state index in [1.807, 2.05) is 19.1 Å². The van der Waals surface area contributed by atoms with E-state index in [0.29, 0.717) is 31.9 Å². The zero-order valence-electron chi connectivity index (χ0n) is 14.0. The van der Waals surface area contributed by atoms with Crippen LogP contribution in [0.5, 0.6) is 17.2 Å². The summed E-state index contributed by atoms with van der Waals surface area (Å²) in [5.41, 5.74) is 2.20. The third kappa shape index (κ3) is 4.62. The molecule has 5 nitrogen and oxygen atoms in total. The molecule has 0 unspecified atom stereocenters. The quantitative estimate of drug-likeness (QED) is 0.874. The summed E-state index contributed by atoms with van der Waals surface area (Å²) in [4.78, 5) is 11.8. The van der Waals surface area contributed by atoms with Crippen molar-refractivity contribution in [2.45, 2.75) is 13.3 Å². The Labute approximate surface area is 145 Å². The molecule has 1 aliphatic rings. The Balaban J connectivity index is 1.46. The van der Waals surface area contributed by atoms with Gasteiger partial charge in [0.1, 0.15) is 24.8 Å². The summed E-state index contributed by atoms with van der Waals surface area (Å²) in [6.07, 6.45) is 0.685. The zero-order chi connectivity index (χ0) is 17.6. The van der Waals surface area contributed by atoms with E-state index < -0.39 is 0 Å². The van der Waals surface area contributed by atoms with Crippen LogP contribution in [0.1, 0.15) is 11.1 Å². The summed E-state index contributed by atoms with van der Waals surface area (Å²) in [6.45, 7) is 3.51. The summed E-state index contributed by atoms with van der Waals surface area (Å²) in [6, 6.07) is 9.48. The van der Waals surface area contributed by atoms with Crippen molar-refractivity contribution < 1.29 is 23.4 Å². The fraction of sp³-hybridized carbons (Fsp3) is 0.316. The van der Waals surface area contributed by atoms with Crippen LogP contribution in [0.2, 0.25) is 0 Å². The van der Waals surface area contributed by atoms with Gasteiger partial charge >= 0.3 is 0 Å². The Bertz CT molecular complexity index is 746. The highest BCUT2D eigenvalue weighted by atomic mass is 19.1. The van der Waals surface area contributed by atoms with E-state index in [0.717, 1.165) is 22.6 Å². The lowest BCUT2D eigenvalue weighted by atomic mass is 10.0. The van der Waals surface area contributed by atoms with Crippen LogP contribution in [-0.2, 0) is 11.2 Å². The van der Waals surface area contributed by atoms with Gasteiger partial charge < -0.3 is 19.5 Å². The molecule has 1 amide bonds. The molecule has 0 saturated heterocycles. The molecule has 0 radical (unpaired) electrons. The monoisotopic (exact) mass is 345 g/mol. The van der Waals surface area contributed by atoms with Crippen LogP contribution in [0.4, 0.5) is 4.39 Å². The fourth-order valence-corrected chi connectivity index (χ4v) is 2.57. The van der Waals surface area contributed by atoms with Crippen LogP contribution in [0, 0.1) is 12.7 Å². The standard InChI is InChI=1S/C19H20FNO4/c1-13-10-17-18(24-9-8-23-17)11-14(13)6-7-21-19(22)12-25-16-4-2-15(20)3-5-16/h2-5,10-11H,6-9,12H2,1H3,(H,21,22). The molecule has 132 valence electrons. The normalized spacial score (nSPS) is 12.6. The second kappa shape index (κ2) is 7.88. The first-order chi connectivity index (χ1) is 12.1. The molecular weight excluding hydrogens is 325 g/mol. The van der Waals surface area contributed by atoms with Gasteiger partial charge in [0.15, 0.2) is 18.1 Å². The smallest absolute Gasteiger partial charge is 0.257 e. The van der Waals surface area contributed by atoms with Crippen molar-refractivity contribution in [3.05, 3.63) is 53.3 Å². The van der Waals surface area contributed by atoms with E-state index in [9.17, 15) is 9.18 Å². The topological polar surface area (TPSA) is 56.8 Å². The molecule has 0 fully saturated rings. The minimum Gasteiger partial charge on any atom is -0.486 e. The molecule has 6 heteroatoms. The Morgan fingerprint density at radius 2 is 1.84 bits per heavy atom. The van der Waals surface area contributed by atoms with Gasteiger partial charge in [-0.2, -0.15) is 0 Å². The third-order valence-electron chi connectivity index (χ3n) is 3.90. The van der Waals surface area contributed by atoms with E-state index in [1.165, 1.54) is 24.3 Å². The summed E-state index contributed by atoms with van der Waals surface area (Å²) in [7, 11) is 0. The molecule has 0 aliphatic carbocycles. The van der Waals surface area contributed by atoms with Crippen LogP contribution >= 0.6 is 0 Å². The molecule has 3 rings (SSSR count). The van der Waals surface area contributed by atoms with Gasteiger partial charge in [-0.1, -0.05) is 0 Å². The Morgan fingerprint density at radius 3 is 2.56 bits per heavy atom. The molecule has 0 aromatic heterocycles. The SMILES string of the molecule is Cc1cc2c(cc1CCNC(=O)COc1ccc(F)cc1)OCCO2. The first kappa shape index (κ1) is 17.1. The fourth-order valence-electron chi connectivity index (χ4n) is 2.57. The minimum atomic E-state index is -0.341. The maximum absolute atomic E-state index is 12.8. The number of ether oxygens (including phenoxy) is 3. The van der Waals surface area contributed by atoms with Gasteiger partial charge in [0.25, 0.3) is 5.91 Å². The van der Waals surface area contributed by atoms with Crippen LogP contribution < -0.4 is 19.5 Å². The van der Waals surface area contributed by atoms with Gasteiger partial charge in [0.2, 0.25) is 0 Å². The number of hydrogen-bond donors (Lipinski definition) is 1. The predicted molar refractivity (Wildman–Crippen MR) is 90.8 cm³/mol. The summed E-state index contributed by atoms with van der Waals surface area (Å²) < 4.78 is 29.2. The van der Waals surface area contributed by atoms with E-state index in [4.69, 9.17) is 14.2 Å². The van der Waals surface area contributed by atoms with E-state index in [1.54, 1.807) is 0 Å². The first-order valence-electron chi connectivity index (χ1n) is 8.16. The Hall–Kier alpha value is -2.76. The molecule has 0 spiro atoms. The molecule has 0 saturated carbocycles. The summed E-state index contributed by atoms with van der Waals surface area (Å²) in [5.74, 6) is 1.41. The minimum absolute atomic E-state index is 0.105. The number of amides is 1. The lowest BCUT2D eigenvalue weighted by Gasteiger charge is -2.20. The maximum atomic E-state index is 12.8. The molecule has 1 aliphatic heterocycles. The van der Waals surface area contributed by atoms with Gasteiger partial charge in [-0.3, -0.25) is 4.79 Å². The van der Waals surface area contributed by atoms with Gasteiger partial charge in [-0.25, -0.2) is 4.39 Å². The van der Waals surface area contributed by atoms with Crippen molar-refractivity contribution in [2.24, 2.45) is 0 Å². The highest BCUT2D eigenvalue weighted by molar-refractivity contribution is 5.77. The van der Waals surface area contributed by atoms with Crippen molar-refractivity contribution in [1.29, 1.82) is 0 Å². The largest absolute Gasteiger partial charge is 0.486 e. The van der Waals surface area contributed by atoms with Crippen LogP contribution in [0.3, 0.4) is 0 Å². The number of halogens is 1. The van der Waals surface area contributed by atoms with E-state index >= 15 is 0 Å². The number of benzene rings is 2. The zero-order valence-corrected chi connectivity index (χ0v) is 14.0. The second-order valence-corrected chi connectivity index (χ2v) is 5.76. The van der Waals surface area contributed by atoms with Gasteiger partial charge in [-0.05, 0) is 60.9 Å². The number of nitrogens with one attached hydrogen (secondary N) is 1. The molecule has 1 N–H and O–H groups in total. The highest BCUT2D eigenvalue weighted by Crippen LogP contribution is 2.33. The third-order valence-corrected chi connectivity index (χ3v) is 3.90. The Kier molecular flexibility index (Phi) is 5.38. The molecule has 0 bridgehead atoms. The average Bonchev–Trinajstić information content (AvgIpc) is 2.61. The molecule has 2 aromatic rings. The van der Waals surface area contributed by atoms with Gasteiger partial charge in [-0.15, -0.1) is 0 Å². The number of carbonyl (C=O) groups excluding carboxylic acids is 1. The summed E-state index contributed by atoms with van der Waals surface area (Å²) >= 11 is 0. The van der Waals surface area contributed by atoms with Crippen LogP contribution in [0.25, 0.3) is 0 Å². The predicted octanol–water partition coefficient (Wildman–Crippen LogP) is 2.64. The van der Waals surface area contributed by atoms with Crippen molar-refractivity contribution in [3.8, 4) is 17.2 Å². The molecule has 1 heterocycles. The number of aryl methyl sites for hydroxylation is 1. The average molecular weight is 345 g/mol. The van der Waals surface area contributed by atoms with Crippen molar-refractivity contribution in [1.82, 2.24) is 5.32 Å². The molecule has 0 atom stereocenters. The van der Waals surface area contributed by atoms with Gasteiger partial charge in [0.05, 0.1) is 0 Å². The van der Waals surface area contributed by atoms with Crippen molar-refractivity contribution in [2.75, 3.05) is 26.4 Å². The first-order valence-corrected chi connectivity index (χ1v) is 8.16. The van der Waals surface area contributed by atoms with E-state index in [-0.39, 0.29) is 18.3 Å². The lowest BCUT2D eigenvalue weighted by Crippen LogP contribution is -2.30. The molecule has 25 heavy (non-hydrogen) atoms. The van der Waals surface area contributed by atoms with Crippen LogP contribution in [-0.4, -0.2) is 32.3 Å². The summed E-state index contributed by atoms with van der Waals surface area (Å²) in [5, 5.41) is 2.81. The second-order valence-electron chi connectivity index (χ2n) is 5.76. The maximum Gasteiger partial charge on any atom is 0.257 e. The van der Waals surface area contributed by atoms with E-state index in [2.05, 4.69) is 5.32 Å². The highest BCUT2D eigenvalue weighted by Gasteiger charge is 2.14. The number of hydrogen-bond acceptors (Lipinski definition) is 4. The van der Waals surface area contributed by atoms with Gasteiger partial charge in [0, 0.05) is 6.54 Å². The van der Waals surface area contributed by atoms with Crippen LogP contribution in [0.15, 0.2) is 36.4 Å². The number of rotatable bonds is 6. The number of carbonyl (C=O) groups is 1. The molecular formula is C19H20FNO4. The number of fused-ring (bicyclic) bond motifs is 1. The van der Waals surface area contributed by atoms with Crippen molar-refractivity contribution in [3.63, 3.8) is 0 Å². The Morgan fingerprint density at radius 1 is 1.16 bits per heavy atom. The van der Waals surface area contributed by atoms with Crippen molar-refractivity contribution >= 4 is 5.91 Å². The lowest BCUT2D eigenvalue weighted by molar-refractivity contribution is -0.123. The molecule has 2 aromatic carbocycles.